The van der Waals surface area contributed by atoms with E-state index in [0.29, 0.717) is 27.5 Å². The van der Waals surface area contributed by atoms with E-state index in [9.17, 15) is 18.3 Å². The molecule has 0 aliphatic heterocycles. The molecule has 0 aliphatic carbocycles. The zero-order valence-electron chi connectivity index (χ0n) is 18.7. The van der Waals surface area contributed by atoms with Gasteiger partial charge >= 0.3 is 5.97 Å². The largest absolute Gasteiger partial charge is 0.497 e. The van der Waals surface area contributed by atoms with Gasteiger partial charge in [-0.3, -0.25) is 0 Å². The van der Waals surface area contributed by atoms with Crippen LogP contribution in [0, 0.1) is 13.8 Å². The summed E-state index contributed by atoms with van der Waals surface area (Å²) in [5, 5.41) is 9.44. The van der Waals surface area contributed by atoms with Gasteiger partial charge in [0.1, 0.15) is 17.2 Å². The number of benzene rings is 3. The summed E-state index contributed by atoms with van der Waals surface area (Å²) in [4.78, 5) is 12.2. The second-order valence-corrected chi connectivity index (χ2v) is 10.4. The molecule has 0 saturated heterocycles. The molecular weight excluding hydrogens is 462 g/mol. The van der Waals surface area contributed by atoms with E-state index in [4.69, 9.17) is 9.47 Å². The molecule has 3 aromatic carbocycles. The van der Waals surface area contributed by atoms with Crippen molar-refractivity contribution in [1.29, 1.82) is 0 Å². The average Bonchev–Trinajstić information content (AvgIpc) is 2.80. The molecule has 174 valence electrons. The predicted octanol–water partition coefficient (Wildman–Crippen LogP) is 5.52. The molecule has 0 atom stereocenters. The number of carboxylic acid groups (broad SMARTS) is 1. The van der Waals surface area contributed by atoms with E-state index in [-0.39, 0.29) is 17.0 Å². The summed E-state index contributed by atoms with van der Waals surface area (Å²) in [6.45, 7) is 5.29. The van der Waals surface area contributed by atoms with E-state index in [0.717, 1.165) is 17.7 Å². The molecule has 33 heavy (non-hydrogen) atoms. The minimum Gasteiger partial charge on any atom is -0.497 e. The summed E-state index contributed by atoms with van der Waals surface area (Å²) in [5.74, 6) is 0.832. The van der Waals surface area contributed by atoms with Gasteiger partial charge in [-0.25, -0.2) is 13.2 Å². The van der Waals surface area contributed by atoms with Crippen LogP contribution >= 0.6 is 11.9 Å². The van der Waals surface area contributed by atoms with Crippen molar-refractivity contribution in [3.63, 3.8) is 0 Å². The van der Waals surface area contributed by atoms with Crippen LogP contribution in [0.2, 0.25) is 0 Å². The fourth-order valence-corrected chi connectivity index (χ4v) is 5.76. The first kappa shape index (κ1) is 24.6. The highest BCUT2D eigenvalue weighted by atomic mass is 32.3. The Hall–Kier alpha value is -3.01. The number of nitrogens with zero attached hydrogens (tertiary/aromatic N) is 1. The number of rotatable bonds is 9. The summed E-state index contributed by atoms with van der Waals surface area (Å²) in [7, 11) is -2.33. The lowest BCUT2D eigenvalue weighted by Crippen LogP contribution is -2.25. The summed E-state index contributed by atoms with van der Waals surface area (Å²) < 4.78 is 38.7. The van der Waals surface area contributed by atoms with Gasteiger partial charge in [0.2, 0.25) is 0 Å². The first-order valence-electron chi connectivity index (χ1n) is 10.1. The molecule has 0 unspecified atom stereocenters. The number of aryl methyl sites for hydroxylation is 1. The van der Waals surface area contributed by atoms with Crippen LogP contribution in [0.5, 0.6) is 17.2 Å². The highest BCUT2D eigenvalue weighted by Crippen LogP contribution is 2.32. The number of hydrogen-bond acceptors (Lipinski definition) is 6. The predicted molar refractivity (Wildman–Crippen MR) is 128 cm³/mol. The standard InChI is InChI=1S/C24H25NO6S2/c1-5-25(33(28,29)22-14-16(2)17(3)23(15-22)24(26)27)32-21-12-10-20(11-13-21)31-19-8-6-18(30-4)7-9-19/h6-15H,5H2,1-4H3,(H,26,27). The van der Waals surface area contributed by atoms with Crippen molar-refractivity contribution in [3.8, 4) is 17.2 Å². The average molecular weight is 488 g/mol. The normalized spacial score (nSPS) is 11.4. The van der Waals surface area contributed by atoms with Gasteiger partial charge in [-0.2, -0.15) is 0 Å². The highest BCUT2D eigenvalue weighted by molar-refractivity contribution is 8.08. The van der Waals surface area contributed by atoms with Crippen LogP contribution in [0.25, 0.3) is 0 Å². The first-order valence-corrected chi connectivity index (χ1v) is 12.3. The van der Waals surface area contributed by atoms with Crippen molar-refractivity contribution in [2.45, 2.75) is 30.6 Å². The first-order chi connectivity index (χ1) is 15.6. The van der Waals surface area contributed by atoms with Crippen molar-refractivity contribution in [2.24, 2.45) is 0 Å². The molecular formula is C24H25NO6S2. The molecule has 0 aliphatic rings. The smallest absolute Gasteiger partial charge is 0.336 e. The SMILES string of the molecule is CCN(Sc1ccc(Oc2ccc(OC)cc2)cc1)S(=O)(=O)c1cc(C)c(C)c(C(=O)O)c1. The van der Waals surface area contributed by atoms with E-state index >= 15 is 0 Å². The van der Waals surface area contributed by atoms with Crippen molar-refractivity contribution in [3.05, 3.63) is 77.4 Å². The minimum absolute atomic E-state index is 0.0188. The molecule has 0 aromatic heterocycles. The number of sulfonamides is 1. The number of aromatic carboxylic acids is 1. The van der Waals surface area contributed by atoms with Crippen LogP contribution < -0.4 is 9.47 Å². The fourth-order valence-electron chi connectivity index (χ4n) is 3.06. The van der Waals surface area contributed by atoms with Gasteiger partial charge < -0.3 is 14.6 Å². The molecule has 9 heteroatoms. The molecule has 0 fully saturated rings. The third-order valence-electron chi connectivity index (χ3n) is 5.02. The lowest BCUT2D eigenvalue weighted by Gasteiger charge is -2.20. The zero-order valence-corrected chi connectivity index (χ0v) is 20.4. The van der Waals surface area contributed by atoms with Gasteiger partial charge in [0.25, 0.3) is 10.0 Å². The molecule has 0 heterocycles. The van der Waals surface area contributed by atoms with Crippen LogP contribution in [0.1, 0.15) is 28.4 Å². The maximum Gasteiger partial charge on any atom is 0.336 e. The van der Waals surface area contributed by atoms with E-state index in [2.05, 4.69) is 0 Å². The Kier molecular flexibility index (Phi) is 7.68. The lowest BCUT2D eigenvalue weighted by molar-refractivity contribution is 0.0695. The van der Waals surface area contributed by atoms with Gasteiger partial charge in [-0.1, -0.05) is 6.92 Å². The van der Waals surface area contributed by atoms with E-state index in [1.54, 1.807) is 76.4 Å². The second-order valence-electron chi connectivity index (χ2n) is 7.18. The van der Waals surface area contributed by atoms with Crippen LogP contribution in [-0.2, 0) is 10.0 Å². The number of methoxy groups -OCH3 is 1. The topological polar surface area (TPSA) is 93.1 Å². The molecule has 3 rings (SSSR count). The van der Waals surface area contributed by atoms with E-state index < -0.39 is 16.0 Å². The lowest BCUT2D eigenvalue weighted by atomic mass is 10.0. The van der Waals surface area contributed by atoms with Crippen LogP contribution in [0.4, 0.5) is 0 Å². The fraction of sp³-hybridized carbons (Fsp3) is 0.208. The molecule has 7 nitrogen and oxygen atoms in total. The van der Waals surface area contributed by atoms with Crippen molar-refractivity contribution in [2.75, 3.05) is 13.7 Å². The van der Waals surface area contributed by atoms with Crippen molar-refractivity contribution >= 4 is 27.9 Å². The number of carbonyl (C=O) groups is 1. The van der Waals surface area contributed by atoms with E-state index in [1.165, 1.54) is 15.8 Å². The zero-order chi connectivity index (χ0) is 24.2. The van der Waals surface area contributed by atoms with Crippen LogP contribution in [-0.4, -0.2) is 36.9 Å². The summed E-state index contributed by atoms with van der Waals surface area (Å²) in [6.07, 6.45) is 0. The molecule has 0 bridgehead atoms. The van der Waals surface area contributed by atoms with Gasteiger partial charge in [0, 0.05) is 11.4 Å². The van der Waals surface area contributed by atoms with E-state index in [1.807, 2.05) is 0 Å². The molecule has 0 amide bonds. The second kappa shape index (κ2) is 10.3. The Balaban J connectivity index is 1.79. The Bertz CT molecular complexity index is 1240. The number of ether oxygens (including phenoxy) is 2. The molecule has 1 N–H and O–H groups in total. The molecule has 0 spiro atoms. The van der Waals surface area contributed by atoms with Gasteiger partial charge in [0.15, 0.2) is 0 Å². The summed E-state index contributed by atoms with van der Waals surface area (Å²) >= 11 is 1.06. The summed E-state index contributed by atoms with van der Waals surface area (Å²) in [6, 6.07) is 17.0. The monoisotopic (exact) mass is 487 g/mol. The Morgan fingerprint density at radius 2 is 1.52 bits per heavy atom. The third kappa shape index (κ3) is 5.68. The van der Waals surface area contributed by atoms with Crippen molar-refractivity contribution in [1.82, 2.24) is 3.71 Å². The van der Waals surface area contributed by atoms with Crippen molar-refractivity contribution < 1.29 is 27.8 Å². The molecule has 3 aromatic rings. The highest BCUT2D eigenvalue weighted by Gasteiger charge is 2.27. The van der Waals surface area contributed by atoms with Gasteiger partial charge in [-0.05, 0) is 97.6 Å². The van der Waals surface area contributed by atoms with Gasteiger partial charge in [0.05, 0.1) is 17.6 Å². The minimum atomic E-state index is -3.92. The van der Waals surface area contributed by atoms with Crippen LogP contribution in [0.15, 0.2) is 70.5 Å². The molecule has 0 radical (unpaired) electrons. The quantitative estimate of drug-likeness (QED) is 0.397. The maximum atomic E-state index is 13.2. The number of carboxylic acids is 1. The molecule has 0 saturated carbocycles. The van der Waals surface area contributed by atoms with Gasteiger partial charge in [-0.15, -0.1) is 3.71 Å². The third-order valence-corrected chi connectivity index (χ3v) is 8.40. The summed E-state index contributed by atoms with van der Waals surface area (Å²) in [5.41, 5.74) is 1.13. The van der Waals surface area contributed by atoms with Crippen LogP contribution in [0.3, 0.4) is 0 Å². The Morgan fingerprint density at radius 1 is 0.970 bits per heavy atom. The number of hydrogen-bond donors (Lipinski definition) is 1. The Morgan fingerprint density at radius 3 is 2.03 bits per heavy atom. The Labute approximate surface area is 198 Å². The maximum absolute atomic E-state index is 13.2.